The zero-order valence-electron chi connectivity index (χ0n) is 12.0. The Balaban J connectivity index is 0.00000161. The van der Waals surface area contributed by atoms with Crippen LogP contribution >= 0.6 is 12.4 Å². The van der Waals surface area contributed by atoms with Gasteiger partial charge in [-0.3, -0.25) is 4.79 Å². The van der Waals surface area contributed by atoms with E-state index in [1.54, 1.807) is 0 Å². The van der Waals surface area contributed by atoms with Gasteiger partial charge in [0.05, 0.1) is 7.11 Å². The quantitative estimate of drug-likeness (QED) is 0.909. The van der Waals surface area contributed by atoms with Crippen LogP contribution in [0, 0.1) is 11.7 Å². The number of ether oxygens (including phenoxy) is 1. The van der Waals surface area contributed by atoms with Crippen molar-refractivity contribution in [3.63, 3.8) is 0 Å². The SMILES string of the molecule is COc1cc(C(=O)N2CCC3NCCC3C2)ccc1F.Cl. The molecule has 2 atom stereocenters. The largest absolute Gasteiger partial charge is 0.494 e. The zero-order valence-corrected chi connectivity index (χ0v) is 12.8. The van der Waals surface area contributed by atoms with Gasteiger partial charge in [-0.2, -0.15) is 0 Å². The molecule has 2 unspecified atom stereocenters. The Morgan fingerprint density at radius 1 is 1.43 bits per heavy atom. The van der Waals surface area contributed by atoms with Gasteiger partial charge in [0.2, 0.25) is 0 Å². The third-order valence-corrected chi connectivity index (χ3v) is 4.34. The van der Waals surface area contributed by atoms with Crippen LogP contribution in [0.5, 0.6) is 5.75 Å². The molecule has 2 saturated heterocycles. The number of amides is 1. The molecule has 2 aliphatic heterocycles. The lowest BCUT2D eigenvalue weighted by molar-refractivity contribution is 0.0661. The van der Waals surface area contributed by atoms with Crippen LogP contribution in [0.2, 0.25) is 0 Å². The first-order valence-electron chi connectivity index (χ1n) is 7.05. The highest BCUT2D eigenvalue weighted by atomic mass is 35.5. The van der Waals surface area contributed by atoms with Gasteiger partial charge in [-0.1, -0.05) is 0 Å². The number of nitrogens with zero attached hydrogens (tertiary/aromatic N) is 1. The lowest BCUT2D eigenvalue weighted by Gasteiger charge is -2.35. The summed E-state index contributed by atoms with van der Waals surface area (Å²) in [5.74, 6) is 0.194. The molecule has 4 nitrogen and oxygen atoms in total. The van der Waals surface area contributed by atoms with Crippen molar-refractivity contribution < 1.29 is 13.9 Å². The lowest BCUT2D eigenvalue weighted by atomic mass is 9.93. The molecular weight excluding hydrogens is 295 g/mol. The van der Waals surface area contributed by atoms with Crippen molar-refractivity contribution in [1.82, 2.24) is 10.2 Å². The minimum atomic E-state index is -0.442. The number of methoxy groups -OCH3 is 1. The van der Waals surface area contributed by atoms with Crippen molar-refractivity contribution in [2.45, 2.75) is 18.9 Å². The minimum Gasteiger partial charge on any atom is -0.494 e. The molecule has 2 aliphatic rings. The third kappa shape index (κ3) is 3.14. The molecule has 1 amide bonds. The number of carbonyl (C=O) groups excluding carboxylic acids is 1. The topological polar surface area (TPSA) is 41.6 Å². The van der Waals surface area contributed by atoms with Gasteiger partial charge in [-0.15, -0.1) is 12.4 Å². The average Bonchev–Trinajstić information content (AvgIpc) is 2.94. The van der Waals surface area contributed by atoms with E-state index in [9.17, 15) is 9.18 Å². The molecule has 0 saturated carbocycles. The van der Waals surface area contributed by atoms with Crippen LogP contribution in [0.4, 0.5) is 4.39 Å². The summed E-state index contributed by atoms with van der Waals surface area (Å²) in [6.45, 7) is 2.59. The molecule has 1 aromatic rings. The molecule has 0 aromatic heterocycles. The van der Waals surface area contributed by atoms with Gasteiger partial charge < -0.3 is 15.0 Å². The van der Waals surface area contributed by atoms with Crippen LogP contribution < -0.4 is 10.1 Å². The predicted molar refractivity (Wildman–Crippen MR) is 80.6 cm³/mol. The fourth-order valence-corrected chi connectivity index (χ4v) is 3.21. The maximum Gasteiger partial charge on any atom is 0.254 e. The number of nitrogens with one attached hydrogen (secondary N) is 1. The fourth-order valence-electron chi connectivity index (χ4n) is 3.21. The molecule has 0 aliphatic carbocycles. The number of hydrogen-bond donors (Lipinski definition) is 1. The Morgan fingerprint density at radius 2 is 2.24 bits per heavy atom. The van der Waals surface area contributed by atoms with Crippen molar-refractivity contribution in [3.8, 4) is 5.75 Å². The van der Waals surface area contributed by atoms with Crippen LogP contribution in [-0.2, 0) is 0 Å². The van der Waals surface area contributed by atoms with Crippen molar-refractivity contribution in [2.75, 3.05) is 26.7 Å². The zero-order chi connectivity index (χ0) is 14.1. The van der Waals surface area contributed by atoms with Gasteiger partial charge in [-0.25, -0.2) is 4.39 Å². The minimum absolute atomic E-state index is 0. The van der Waals surface area contributed by atoms with Gasteiger partial charge in [0, 0.05) is 24.7 Å². The number of hydrogen-bond acceptors (Lipinski definition) is 3. The third-order valence-electron chi connectivity index (χ3n) is 4.34. The van der Waals surface area contributed by atoms with Crippen molar-refractivity contribution >= 4 is 18.3 Å². The Bertz CT molecular complexity index is 526. The molecule has 0 spiro atoms. The molecule has 116 valence electrons. The summed E-state index contributed by atoms with van der Waals surface area (Å²) in [4.78, 5) is 14.4. The lowest BCUT2D eigenvalue weighted by Crippen LogP contribution is -2.46. The number of fused-ring (bicyclic) bond motifs is 1. The van der Waals surface area contributed by atoms with Crippen molar-refractivity contribution in [3.05, 3.63) is 29.6 Å². The summed E-state index contributed by atoms with van der Waals surface area (Å²) in [5, 5.41) is 3.48. The number of carbonyl (C=O) groups is 1. The molecule has 2 heterocycles. The van der Waals surface area contributed by atoms with E-state index in [0.717, 1.165) is 32.5 Å². The Kier molecular flexibility index (Phi) is 5.06. The molecular formula is C15H20ClFN2O2. The Morgan fingerprint density at radius 3 is 3.00 bits per heavy atom. The van der Waals surface area contributed by atoms with Crippen molar-refractivity contribution in [1.29, 1.82) is 0 Å². The first-order valence-corrected chi connectivity index (χ1v) is 7.05. The summed E-state index contributed by atoms with van der Waals surface area (Å²) < 4.78 is 18.3. The van der Waals surface area contributed by atoms with Crippen LogP contribution in [0.1, 0.15) is 23.2 Å². The molecule has 3 rings (SSSR count). The maximum atomic E-state index is 13.4. The number of rotatable bonds is 2. The first kappa shape index (κ1) is 16.0. The van der Waals surface area contributed by atoms with Crippen LogP contribution in [0.15, 0.2) is 18.2 Å². The summed E-state index contributed by atoms with van der Waals surface area (Å²) in [6.07, 6.45) is 2.12. The summed E-state index contributed by atoms with van der Waals surface area (Å²) in [6, 6.07) is 4.85. The number of piperidine rings is 1. The normalized spacial score (nSPS) is 24.2. The van der Waals surface area contributed by atoms with E-state index in [-0.39, 0.29) is 24.1 Å². The molecule has 21 heavy (non-hydrogen) atoms. The van der Waals surface area contributed by atoms with E-state index in [2.05, 4.69) is 5.32 Å². The second-order valence-electron chi connectivity index (χ2n) is 5.50. The van der Waals surface area contributed by atoms with Crippen LogP contribution in [0.25, 0.3) is 0 Å². The summed E-state index contributed by atoms with van der Waals surface area (Å²) >= 11 is 0. The molecule has 0 bridgehead atoms. The monoisotopic (exact) mass is 314 g/mol. The standard InChI is InChI=1S/C15H19FN2O2.ClH/c1-20-14-8-10(2-3-12(14)16)15(19)18-7-5-13-11(9-18)4-6-17-13;/h2-3,8,11,13,17H,4-7,9H2,1H3;1H. The predicted octanol–water partition coefficient (Wildman–Crippen LogP) is 2.08. The smallest absolute Gasteiger partial charge is 0.254 e. The van der Waals surface area contributed by atoms with E-state index in [1.807, 2.05) is 4.90 Å². The van der Waals surface area contributed by atoms with E-state index < -0.39 is 5.82 Å². The number of benzene rings is 1. The van der Waals surface area contributed by atoms with E-state index in [0.29, 0.717) is 17.5 Å². The van der Waals surface area contributed by atoms with Gasteiger partial charge in [0.25, 0.3) is 5.91 Å². The van der Waals surface area contributed by atoms with Crippen molar-refractivity contribution in [2.24, 2.45) is 5.92 Å². The van der Waals surface area contributed by atoms with E-state index >= 15 is 0 Å². The van der Waals surface area contributed by atoms with Gasteiger partial charge in [0.1, 0.15) is 0 Å². The van der Waals surface area contributed by atoms with Gasteiger partial charge >= 0.3 is 0 Å². The first-order chi connectivity index (χ1) is 9.69. The molecule has 6 heteroatoms. The molecule has 1 aromatic carbocycles. The van der Waals surface area contributed by atoms with Crippen LogP contribution in [0.3, 0.4) is 0 Å². The van der Waals surface area contributed by atoms with Crippen LogP contribution in [-0.4, -0.2) is 43.6 Å². The fraction of sp³-hybridized carbons (Fsp3) is 0.533. The highest BCUT2D eigenvalue weighted by molar-refractivity contribution is 5.94. The Labute approximate surface area is 130 Å². The summed E-state index contributed by atoms with van der Waals surface area (Å²) in [7, 11) is 1.41. The average molecular weight is 315 g/mol. The highest BCUT2D eigenvalue weighted by Crippen LogP contribution is 2.26. The van der Waals surface area contributed by atoms with Gasteiger partial charge in [-0.05, 0) is 43.5 Å². The second kappa shape index (κ2) is 6.62. The summed E-state index contributed by atoms with van der Waals surface area (Å²) in [5.41, 5.74) is 0.493. The second-order valence-corrected chi connectivity index (χ2v) is 5.50. The highest BCUT2D eigenvalue weighted by Gasteiger charge is 2.34. The number of halogens is 2. The van der Waals surface area contributed by atoms with E-state index in [4.69, 9.17) is 4.74 Å². The number of likely N-dealkylation sites (tertiary alicyclic amines) is 1. The maximum absolute atomic E-state index is 13.4. The molecule has 0 radical (unpaired) electrons. The Hall–Kier alpha value is -1.33. The van der Waals surface area contributed by atoms with Gasteiger partial charge in [0.15, 0.2) is 11.6 Å². The van der Waals surface area contributed by atoms with E-state index in [1.165, 1.54) is 25.3 Å². The molecule has 2 fully saturated rings. The molecule has 1 N–H and O–H groups in total.